The lowest BCUT2D eigenvalue weighted by atomic mass is 9.48. The molecular weight excluding hydrogens is 400 g/mol. The molecule has 5 nitrogen and oxygen atoms in total. The predicted octanol–water partition coefficient (Wildman–Crippen LogP) is 4.23. The lowest BCUT2D eigenvalue weighted by Gasteiger charge is -2.64. The van der Waals surface area contributed by atoms with Crippen molar-refractivity contribution in [3.8, 4) is 11.5 Å². The summed E-state index contributed by atoms with van der Waals surface area (Å²) in [7, 11) is 1.91. The molecule has 0 amide bonds. The molecule has 0 radical (unpaired) electrons. The van der Waals surface area contributed by atoms with E-state index in [1.165, 1.54) is 47.2 Å². The Morgan fingerprint density at radius 3 is 2.94 bits per heavy atom. The number of ether oxygens (including phenoxy) is 2. The van der Waals surface area contributed by atoms with Gasteiger partial charge in [0.05, 0.1) is 11.1 Å². The molecule has 1 spiro atoms. The minimum Gasteiger partial charge on any atom is -0.504 e. The Morgan fingerprint density at radius 1 is 1.22 bits per heavy atom. The van der Waals surface area contributed by atoms with Crippen molar-refractivity contribution >= 4 is 10.9 Å². The number of methoxy groups -OCH3 is 1. The van der Waals surface area contributed by atoms with E-state index in [9.17, 15) is 5.11 Å². The highest BCUT2D eigenvalue weighted by molar-refractivity contribution is 5.86. The van der Waals surface area contributed by atoms with Gasteiger partial charge in [-0.15, -0.1) is 0 Å². The van der Waals surface area contributed by atoms with Crippen LogP contribution < -0.4 is 4.74 Å². The van der Waals surface area contributed by atoms with Crippen LogP contribution >= 0.6 is 0 Å². The maximum Gasteiger partial charge on any atom is 0.166 e. The minimum atomic E-state index is -0.366. The Morgan fingerprint density at radius 2 is 2.09 bits per heavy atom. The van der Waals surface area contributed by atoms with Crippen LogP contribution in [0, 0.1) is 5.92 Å². The van der Waals surface area contributed by atoms with Gasteiger partial charge in [-0.05, 0) is 61.4 Å². The number of aromatic nitrogens is 1. The molecule has 3 heterocycles. The molecule has 2 N–H and O–H groups in total. The molecule has 2 aromatic carbocycles. The molecule has 2 aliphatic heterocycles. The van der Waals surface area contributed by atoms with E-state index in [0.717, 1.165) is 37.2 Å². The number of hydrogen-bond acceptors (Lipinski definition) is 4. The van der Waals surface area contributed by atoms with Crippen molar-refractivity contribution in [1.82, 2.24) is 9.88 Å². The van der Waals surface area contributed by atoms with Crippen LogP contribution in [-0.2, 0) is 23.0 Å². The normalized spacial score (nSPS) is 34.3. The van der Waals surface area contributed by atoms with Crippen molar-refractivity contribution in [3.05, 3.63) is 58.8 Å². The van der Waals surface area contributed by atoms with Crippen molar-refractivity contribution in [2.24, 2.45) is 5.92 Å². The molecule has 1 aromatic heterocycles. The first-order chi connectivity index (χ1) is 15.7. The Hall–Kier alpha value is -2.50. The van der Waals surface area contributed by atoms with E-state index < -0.39 is 0 Å². The summed E-state index contributed by atoms with van der Waals surface area (Å²) in [5, 5.41) is 12.1. The van der Waals surface area contributed by atoms with E-state index >= 15 is 0 Å². The van der Waals surface area contributed by atoms with Crippen LogP contribution in [0.2, 0.25) is 0 Å². The van der Waals surface area contributed by atoms with Gasteiger partial charge in [-0.25, -0.2) is 0 Å². The number of likely N-dealkylation sites (tertiary alicyclic amines) is 1. The standard InChI is InChI=1S/C27H28N2O3/c1-31-27-13-18-17-4-2-3-5-19(17)28-23(18)25-26(27)10-11-29(14-15-6-7-15)21(27)12-16-8-9-20(30)24(32-25)22(16)26/h2-5,8-9,15,21,25,28,30H,6-7,10-14H2,1H3/t21?,25-,26-,27+/m0/s1. The van der Waals surface area contributed by atoms with Crippen molar-refractivity contribution in [1.29, 1.82) is 0 Å². The highest BCUT2D eigenvalue weighted by Crippen LogP contribution is 2.69. The topological polar surface area (TPSA) is 57.7 Å². The number of nitrogens with one attached hydrogen (secondary N) is 1. The monoisotopic (exact) mass is 428 g/mol. The summed E-state index contributed by atoms with van der Waals surface area (Å²) in [5.41, 5.74) is 5.58. The molecule has 5 heteroatoms. The summed E-state index contributed by atoms with van der Waals surface area (Å²) < 4.78 is 13.5. The zero-order valence-corrected chi connectivity index (χ0v) is 18.4. The molecule has 4 atom stereocenters. The fraction of sp³-hybridized carbons (Fsp3) is 0.481. The van der Waals surface area contributed by atoms with Crippen LogP contribution in [0.15, 0.2) is 36.4 Å². The molecule has 2 bridgehead atoms. The lowest BCUT2D eigenvalue weighted by molar-refractivity contribution is -0.190. The number of nitrogens with zero attached hydrogens (tertiary/aromatic N) is 1. The minimum absolute atomic E-state index is 0.161. The van der Waals surface area contributed by atoms with Crippen molar-refractivity contribution < 1.29 is 14.6 Å². The van der Waals surface area contributed by atoms with Crippen LogP contribution in [0.5, 0.6) is 11.5 Å². The van der Waals surface area contributed by atoms with Gasteiger partial charge >= 0.3 is 0 Å². The summed E-state index contributed by atoms with van der Waals surface area (Å²) in [6.07, 6.45) is 5.39. The van der Waals surface area contributed by atoms with Crippen LogP contribution in [0.25, 0.3) is 10.9 Å². The fourth-order valence-electron chi connectivity index (χ4n) is 7.93. The SMILES string of the molecule is CO[C@@]12Cc3c([nH]c4ccccc34)[C@@H]3Oc4c(O)ccc5c4[C@@]31CCN(CC1CC1)C2C5. The van der Waals surface area contributed by atoms with Crippen molar-refractivity contribution in [2.45, 2.75) is 55.3 Å². The van der Waals surface area contributed by atoms with Gasteiger partial charge in [0.25, 0.3) is 0 Å². The number of H-pyrrole nitrogens is 1. The summed E-state index contributed by atoms with van der Waals surface area (Å²) in [6, 6.07) is 12.9. The van der Waals surface area contributed by atoms with Gasteiger partial charge in [0.1, 0.15) is 5.60 Å². The molecule has 1 unspecified atom stereocenters. The molecule has 1 saturated heterocycles. The highest BCUT2D eigenvalue weighted by Gasteiger charge is 2.73. The highest BCUT2D eigenvalue weighted by atomic mass is 16.5. The number of aromatic amines is 1. The van der Waals surface area contributed by atoms with Crippen LogP contribution in [0.3, 0.4) is 0 Å². The second kappa shape index (κ2) is 5.70. The van der Waals surface area contributed by atoms with E-state index in [0.29, 0.717) is 11.8 Å². The molecular formula is C27H28N2O3. The van der Waals surface area contributed by atoms with Gasteiger partial charge < -0.3 is 19.6 Å². The van der Waals surface area contributed by atoms with E-state index in [1.54, 1.807) is 0 Å². The summed E-state index contributed by atoms with van der Waals surface area (Å²) in [6.45, 7) is 2.24. The Labute approximate surface area is 187 Å². The summed E-state index contributed by atoms with van der Waals surface area (Å²) in [5.74, 6) is 1.79. The Balaban J connectivity index is 1.44. The number of aromatic hydroxyl groups is 1. The van der Waals surface area contributed by atoms with Gasteiger partial charge in [0.15, 0.2) is 17.6 Å². The van der Waals surface area contributed by atoms with E-state index in [2.05, 4.69) is 40.2 Å². The predicted molar refractivity (Wildman–Crippen MR) is 121 cm³/mol. The van der Waals surface area contributed by atoms with Crippen molar-refractivity contribution in [3.63, 3.8) is 0 Å². The third kappa shape index (κ3) is 1.87. The first-order valence-corrected chi connectivity index (χ1v) is 12.1. The molecule has 8 rings (SSSR count). The molecule has 1 saturated carbocycles. The summed E-state index contributed by atoms with van der Waals surface area (Å²) >= 11 is 0. The first kappa shape index (κ1) is 18.0. The summed E-state index contributed by atoms with van der Waals surface area (Å²) in [4.78, 5) is 6.46. The number of piperidine rings is 1. The maximum atomic E-state index is 10.8. The maximum absolute atomic E-state index is 10.8. The number of benzene rings is 2. The van der Waals surface area contributed by atoms with Gasteiger partial charge in [-0.3, -0.25) is 4.90 Å². The van der Waals surface area contributed by atoms with Gasteiger partial charge in [-0.2, -0.15) is 0 Å². The first-order valence-electron chi connectivity index (χ1n) is 12.1. The van der Waals surface area contributed by atoms with Crippen LogP contribution in [0.4, 0.5) is 0 Å². The smallest absolute Gasteiger partial charge is 0.166 e. The van der Waals surface area contributed by atoms with Crippen LogP contribution in [-0.4, -0.2) is 46.8 Å². The third-order valence-corrected chi connectivity index (χ3v) is 9.40. The quantitative estimate of drug-likeness (QED) is 0.656. The van der Waals surface area contributed by atoms with Gasteiger partial charge in [0, 0.05) is 42.6 Å². The number of rotatable bonds is 3. The van der Waals surface area contributed by atoms with Gasteiger partial charge in [-0.1, -0.05) is 24.3 Å². The second-order valence-corrected chi connectivity index (χ2v) is 10.7. The molecule has 3 aromatic rings. The molecule has 3 aliphatic carbocycles. The number of fused-ring (bicyclic) bond motifs is 4. The molecule has 5 aliphatic rings. The average molecular weight is 429 g/mol. The third-order valence-electron chi connectivity index (χ3n) is 9.40. The zero-order chi connectivity index (χ0) is 21.2. The number of hydrogen-bond donors (Lipinski definition) is 2. The number of phenols is 1. The fourth-order valence-corrected chi connectivity index (χ4v) is 7.93. The lowest BCUT2D eigenvalue weighted by Crippen LogP contribution is -2.75. The second-order valence-electron chi connectivity index (χ2n) is 10.7. The zero-order valence-electron chi connectivity index (χ0n) is 18.4. The number of para-hydroxylation sites is 1. The molecule has 164 valence electrons. The van der Waals surface area contributed by atoms with Crippen molar-refractivity contribution in [2.75, 3.05) is 20.2 Å². The van der Waals surface area contributed by atoms with E-state index in [-0.39, 0.29) is 22.9 Å². The Kier molecular flexibility index (Phi) is 3.20. The molecule has 32 heavy (non-hydrogen) atoms. The largest absolute Gasteiger partial charge is 0.504 e. The average Bonchev–Trinajstić information content (AvgIpc) is 3.45. The van der Waals surface area contributed by atoms with E-state index in [4.69, 9.17) is 9.47 Å². The number of phenolic OH excluding ortho intramolecular Hbond substituents is 1. The van der Waals surface area contributed by atoms with Gasteiger partial charge in [0.2, 0.25) is 0 Å². The Bertz CT molecular complexity index is 1290. The van der Waals surface area contributed by atoms with E-state index in [1.807, 2.05) is 13.2 Å². The van der Waals surface area contributed by atoms with Crippen LogP contribution in [0.1, 0.15) is 47.8 Å². The molecule has 2 fully saturated rings.